The summed E-state index contributed by atoms with van der Waals surface area (Å²) in [6.45, 7) is 2.91. The van der Waals surface area contributed by atoms with E-state index in [1.54, 1.807) is 0 Å². The molecule has 1 amide bonds. The zero-order valence-electron chi connectivity index (χ0n) is 12.9. The van der Waals surface area contributed by atoms with Gasteiger partial charge in [0.1, 0.15) is 0 Å². The van der Waals surface area contributed by atoms with Gasteiger partial charge in [0.05, 0.1) is 10.8 Å². The lowest BCUT2D eigenvalue weighted by atomic mass is 10.1. The van der Waals surface area contributed by atoms with Crippen LogP contribution in [0, 0.1) is 16.0 Å². The van der Waals surface area contributed by atoms with Crippen LogP contribution in [0.2, 0.25) is 5.02 Å². The molecule has 0 bridgehead atoms. The second-order valence-electron chi connectivity index (χ2n) is 5.09. The van der Waals surface area contributed by atoms with Crippen molar-refractivity contribution in [3.05, 3.63) is 33.3 Å². The molecule has 1 rings (SSSR count). The number of nitrogens with zero attached hydrogens (tertiary/aromatic N) is 2. The number of likely N-dealkylation sites (N-methyl/N-ethyl adjacent to an activating group) is 1. The molecule has 0 aliphatic heterocycles. The van der Waals surface area contributed by atoms with Crippen LogP contribution in [0.4, 0.5) is 5.69 Å². The number of nitro groups is 1. The Labute approximate surface area is 137 Å². The minimum atomic E-state index is -1.02. The number of hydrogen-bond donors (Lipinski definition) is 1. The number of rotatable bonds is 7. The number of carbonyl (C=O) groups is 2. The van der Waals surface area contributed by atoms with Gasteiger partial charge in [0.2, 0.25) is 0 Å². The molecule has 2 atom stereocenters. The standard InChI is InChI=1S/C14H17ClN2O6/c1-8(14(19)20)7-16(3)13(18)9(2)23-12-5-4-10(15)6-11(12)17(21)22/h4-6,8-9H,7H2,1-3H3,(H,19,20). The van der Waals surface area contributed by atoms with E-state index < -0.39 is 28.8 Å². The van der Waals surface area contributed by atoms with E-state index in [0.717, 1.165) is 6.07 Å². The molecular weight excluding hydrogens is 328 g/mol. The number of ether oxygens (including phenoxy) is 1. The average molecular weight is 345 g/mol. The van der Waals surface area contributed by atoms with Gasteiger partial charge < -0.3 is 14.7 Å². The lowest BCUT2D eigenvalue weighted by Crippen LogP contribution is -2.41. The van der Waals surface area contributed by atoms with Gasteiger partial charge in [-0.15, -0.1) is 0 Å². The normalized spacial score (nSPS) is 13.0. The SMILES string of the molecule is CC(CN(C)C(=O)C(C)Oc1ccc(Cl)cc1[N+](=O)[O-])C(=O)O. The predicted molar refractivity (Wildman–Crippen MR) is 82.6 cm³/mol. The zero-order chi connectivity index (χ0) is 17.7. The quantitative estimate of drug-likeness (QED) is 0.599. The van der Waals surface area contributed by atoms with Gasteiger partial charge in [0.25, 0.3) is 5.91 Å². The van der Waals surface area contributed by atoms with Crippen molar-refractivity contribution in [2.75, 3.05) is 13.6 Å². The zero-order valence-corrected chi connectivity index (χ0v) is 13.6. The number of benzene rings is 1. The van der Waals surface area contributed by atoms with Crippen LogP contribution in [-0.4, -0.2) is 46.5 Å². The summed E-state index contributed by atoms with van der Waals surface area (Å²) in [5, 5.41) is 20.0. The molecule has 0 saturated carbocycles. The monoisotopic (exact) mass is 344 g/mol. The van der Waals surface area contributed by atoms with Crippen molar-refractivity contribution in [2.45, 2.75) is 20.0 Å². The summed E-state index contributed by atoms with van der Waals surface area (Å²) in [5.74, 6) is -2.32. The summed E-state index contributed by atoms with van der Waals surface area (Å²) in [4.78, 5) is 34.5. The van der Waals surface area contributed by atoms with Gasteiger partial charge >= 0.3 is 11.7 Å². The highest BCUT2D eigenvalue weighted by Gasteiger charge is 2.25. The van der Waals surface area contributed by atoms with Crippen LogP contribution in [0.15, 0.2) is 18.2 Å². The Kier molecular flexibility index (Phi) is 6.32. The number of hydrogen-bond acceptors (Lipinski definition) is 5. The van der Waals surface area contributed by atoms with Crippen molar-refractivity contribution in [2.24, 2.45) is 5.92 Å². The van der Waals surface area contributed by atoms with Crippen LogP contribution >= 0.6 is 11.6 Å². The lowest BCUT2D eigenvalue weighted by molar-refractivity contribution is -0.386. The number of aliphatic carboxylic acids is 1. The fraction of sp³-hybridized carbons (Fsp3) is 0.429. The Balaban J connectivity index is 2.83. The van der Waals surface area contributed by atoms with Crippen molar-refractivity contribution in [1.29, 1.82) is 0 Å². The third-order valence-electron chi connectivity index (χ3n) is 3.11. The second-order valence-corrected chi connectivity index (χ2v) is 5.52. The first kappa shape index (κ1) is 18.7. The maximum atomic E-state index is 12.2. The van der Waals surface area contributed by atoms with Gasteiger partial charge in [0, 0.05) is 24.7 Å². The van der Waals surface area contributed by atoms with E-state index in [2.05, 4.69) is 0 Å². The summed E-state index contributed by atoms with van der Waals surface area (Å²) in [5.41, 5.74) is -0.348. The Bertz CT molecular complexity index is 621. The first-order valence-electron chi connectivity index (χ1n) is 6.71. The van der Waals surface area contributed by atoms with Gasteiger partial charge in [-0.25, -0.2) is 0 Å². The summed E-state index contributed by atoms with van der Waals surface area (Å²) in [6.07, 6.45) is -1.01. The highest BCUT2D eigenvalue weighted by molar-refractivity contribution is 6.30. The molecule has 1 N–H and O–H groups in total. The van der Waals surface area contributed by atoms with Crippen LogP contribution in [0.1, 0.15) is 13.8 Å². The molecule has 0 radical (unpaired) electrons. The van der Waals surface area contributed by atoms with Crippen molar-refractivity contribution in [3.8, 4) is 5.75 Å². The van der Waals surface area contributed by atoms with Gasteiger partial charge in [0.15, 0.2) is 11.9 Å². The van der Waals surface area contributed by atoms with E-state index in [4.69, 9.17) is 21.4 Å². The van der Waals surface area contributed by atoms with E-state index in [-0.39, 0.29) is 23.0 Å². The molecule has 1 aromatic carbocycles. The number of carboxylic acid groups (broad SMARTS) is 1. The molecule has 0 aliphatic rings. The lowest BCUT2D eigenvalue weighted by Gasteiger charge is -2.23. The number of halogens is 1. The molecule has 0 aromatic heterocycles. The highest BCUT2D eigenvalue weighted by atomic mass is 35.5. The van der Waals surface area contributed by atoms with E-state index in [0.29, 0.717) is 0 Å². The number of carbonyl (C=O) groups excluding carboxylic acids is 1. The molecule has 0 aliphatic carbocycles. The maximum Gasteiger partial charge on any atom is 0.312 e. The van der Waals surface area contributed by atoms with Gasteiger partial charge in [-0.1, -0.05) is 18.5 Å². The Morgan fingerprint density at radius 2 is 2.04 bits per heavy atom. The van der Waals surface area contributed by atoms with Crippen molar-refractivity contribution in [1.82, 2.24) is 4.90 Å². The minimum Gasteiger partial charge on any atom is -0.481 e. The third kappa shape index (κ3) is 5.10. The van der Waals surface area contributed by atoms with Crippen LogP contribution in [0.25, 0.3) is 0 Å². The topological polar surface area (TPSA) is 110 Å². The Morgan fingerprint density at radius 1 is 1.43 bits per heavy atom. The Hall–Kier alpha value is -2.35. The van der Waals surface area contributed by atoms with Crippen LogP contribution in [0.5, 0.6) is 5.75 Å². The van der Waals surface area contributed by atoms with Crippen LogP contribution in [0.3, 0.4) is 0 Å². The molecule has 1 aromatic rings. The summed E-state index contributed by atoms with van der Waals surface area (Å²) in [7, 11) is 1.44. The molecule has 8 nitrogen and oxygen atoms in total. The average Bonchev–Trinajstić information content (AvgIpc) is 2.47. The fourth-order valence-corrected chi connectivity index (χ4v) is 2.03. The minimum absolute atomic E-state index is 0.00454. The smallest absolute Gasteiger partial charge is 0.312 e. The number of carboxylic acids is 1. The van der Waals surface area contributed by atoms with Gasteiger partial charge in [-0.3, -0.25) is 19.7 Å². The molecule has 23 heavy (non-hydrogen) atoms. The van der Waals surface area contributed by atoms with E-state index in [1.165, 1.54) is 37.9 Å². The molecule has 0 saturated heterocycles. The third-order valence-corrected chi connectivity index (χ3v) is 3.35. The summed E-state index contributed by atoms with van der Waals surface area (Å²) >= 11 is 5.71. The molecule has 0 heterocycles. The summed E-state index contributed by atoms with van der Waals surface area (Å²) < 4.78 is 5.35. The molecule has 2 unspecified atom stereocenters. The Morgan fingerprint density at radius 3 is 2.57 bits per heavy atom. The van der Waals surface area contributed by atoms with Crippen molar-refractivity contribution in [3.63, 3.8) is 0 Å². The van der Waals surface area contributed by atoms with Crippen molar-refractivity contribution >= 4 is 29.2 Å². The second kappa shape index (κ2) is 7.77. The maximum absolute atomic E-state index is 12.2. The molecule has 9 heteroatoms. The van der Waals surface area contributed by atoms with E-state index >= 15 is 0 Å². The van der Waals surface area contributed by atoms with Crippen molar-refractivity contribution < 1.29 is 24.4 Å². The molecular formula is C14H17ClN2O6. The van der Waals surface area contributed by atoms with E-state index in [9.17, 15) is 19.7 Å². The highest BCUT2D eigenvalue weighted by Crippen LogP contribution is 2.30. The predicted octanol–water partition coefficient (Wildman–Crippen LogP) is 2.19. The largest absolute Gasteiger partial charge is 0.481 e. The first-order valence-corrected chi connectivity index (χ1v) is 7.09. The van der Waals surface area contributed by atoms with Crippen LogP contribution in [-0.2, 0) is 9.59 Å². The fourth-order valence-electron chi connectivity index (χ4n) is 1.86. The number of amides is 1. The first-order chi connectivity index (χ1) is 10.6. The molecule has 126 valence electrons. The van der Waals surface area contributed by atoms with Gasteiger partial charge in [-0.2, -0.15) is 0 Å². The molecule has 0 fully saturated rings. The number of nitro benzene ring substituents is 1. The van der Waals surface area contributed by atoms with Gasteiger partial charge in [-0.05, 0) is 19.1 Å². The molecule has 0 spiro atoms. The summed E-state index contributed by atoms with van der Waals surface area (Å²) in [6, 6.07) is 3.85. The van der Waals surface area contributed by atoms with Crippen LogP contribution < -0.4 is 4.74 Å². The van der Waals surface area contributed by atoms with E-state index in [1.807, 2.05) is 0 Å².